The summed E-state index contributed by atoms with van der Waals surface area (Å²) in [6.07, 6.45) is 5.09. The molecule has 0 fully saturated rings. The van der Waals surface area contributed by atoms with Crippen LogP contribution in [0.2, 0.25) is 0 Å². The van der Waals surface area contributed by atoms with E-state index >= 15 is 0 Å². The molecule has 0 unspecified atom stereocenters. The highest BCUT2D eigenvalue weighted by atomic mass is 16.5. The first-order chi connectivity index (χ1) is 13.1. The zero-order chi connectivity index (χ0) is 18.8. The molecule has 0 saturated carbocycles. The molecule has 0 aliphatic heterocycles. The third-order valence-electron chi connectivity index (χ3n) is 4.06. The van der Waals surface area contributed by atoms with Gasteiger partial charge < -0.3 is 9.47 Å². The molecule has 27 heavy (non-hydrogen) atoms. The summed E-state index contributed by atoms with van der Waals surface area (Å²) in [6, 6.07) is 10.7. The van der Waals surface area contributed by atoms with Gasteiger partial charge in [-0.3, -0.25) is 9.48 Å². The summed E-state index contributed by atoms with van der Waals surface area (Å²) < 4.78 is 14.2. The smallest absolute Gasteiger partial charge is 0.213 e. The van der Waals surface area contributed by atoms with Gasteiger partial charge in [0.15, 0.2) is 0 Å². The molecule has 8 heteroatoms. The fraction of sp³-hybridized carbons (Fsp3) is 0.158. The SMILES string of the molecule is COc1ccc2cc(OCc3nn(-c4cnn(C)c4)ccc3=O)ccc2n1. The number of ether oxygens (including phenoxy) is 2. The Labute approximate surface area is 154 Å². The van der Waals surface area contributed by atoms with Crippen molar-refractivity contribution in [3.63, 3.8) is 0 Å². The first-order valence-corrected chi connectivity index (χ1v) is 8.28. The van der Waals surface area contributed by atoms with Crippen LogP contribution in [-0.2, 0) is 13.7 Å². The second-order valence-corrected chi connectivity index (χ2v) is 5.94. The summed E-state index contributed by atoms with van der Waals surface area (Å²) in [5.74, 6) is 1.19. The van der Waals surface area contributed by atoms with E-state index in [1.165, 1.54) is 6.07 Å². The van der Waals surface area contributed by atoms with Gasteiger partial charge in [-0.15, -0.1) is 0 Å². The average Bonchev–Trinajstić information content (AvgIpc) is 3.13. The minimum atomic E-state index is -0.178. The van der Waals surface area contributed by atoms with Gasteiger partial charge in [-0.1, -0.05) is 0 Å². The lowest BCUT2D eigenvalue weighted by Gasteiger charge is -2.08. The molecule has 136 valence electrons. The van der Waals surface area contributed by atoms with Crippen LogP contribution in [0, 0.1) is 0 Å². The van der Waals surface area contributed by atoms with Gasteiger partial charge >= 0.3 is 0 Å². The van der Waals surface area contributed by atoms with Crippen LogP contribution in [0.4, 0.5) is 0 Å². The summed E-state index contributed by atoms with van der Waals surface area (Å²) in [4.78, 5) is 16.5. The first-order valence-electron chi connectivity index (χ1n) is 8.28. The fourth-order valence-electron chi connectivity index (χ4n) is 2.66. The molecule has 4 aromatic rings. The van der Waals surface area contributed by atoms with E-state index in [0.29, 0.717) is 17.3 Å². The largest absolute Gasteiger partial charge is 0.487 e. The van der Waals surface area contributed by atoms with Crippen LogP contribution in [0.1, 0.15) is 5.69 Å². The monoisotopic (exact) mass is 363 g/mol. The van der Waals surface area contributed by atoms with Crippen LogP contribution >= 0.6 is 0 Å². The molecule has 0 saturated heterocycles. The Kier molecular flexibility index (Phi) is 4.29. The van der Waals surface area contributed by atoms with E-state index < -0.39 is 0 Å². The molecule has 0 aliphatic rings. The number of pyridine rings is 1. The third kappa shape index (κ3) is 3.50. The van der Waals surface area contributed by atoms with Crippen LogP contribution in [0.3, 0.4) is 0 Å². The Balaban J connectivity index is 1.56. The molecule has 0 aliphatic carbocycles. The highest BCUT2D eigenvalue weighted by Gasteiger charge is 2.07. The Morgan fingerprint density at radius 3 is 2.81 bits per heavy atom. The standard InChI is InChI=1S/C19H17N5O3/c1-23-11-14(10-20-23)24-8-7-18(25)17(22-24)12-27-15-4-5-16-13(9-15)3-6-19(21-16)26-2/h3-11H,12H2,1-2H3. The molecule has 0 amide bonds. The molecule has 0 bridgehead atoms. The number of methoxy groups -OCH3 is 1. The van der Waals surface area contributed by atoms with Gasteiger partial charge in [0.25, 0.3) is 0 Å². The Morgan fingerprint density at radius 2 is 2.04 bits per heavy atom. The van der Waals surface area contributed by atoms with Crippen LogP contribution in [0.5, 0.6) is 11.6 Å². The lowest BCUT2D eigenvalue weighted by molar-refractivity contribution is 0.298. The van der Waals surface area contributed by atoms with Crippen LogP contribution in [0.15, 0.2) is 59.8 Å². The van der Waals surface area contributed by atoms with Crippen molar-refractivity contribution in [3.05, 3.63) is 70.9 Å². The molecule has 8 nitrogen and oxygen atoms in total. The first kappa shape index (κ1) is 16.8. The summed E-state index contributed by atoms with van der Waals surface area (Å²) in [7, 11) is 3.40. The van der Waals surface area contributed by atoms with Gasteiger partial charge in [0.2, 0.25) is 11.3 Å². The second-order valence-electron chi connectivity index (χ2n) is 5.94. The van der Waals surface area contributed by atoms with Crippen molar-refractivity contribution in [2.45, 2.75) is 6.61 Å². The normalized spacial score (nSPS) is 10.9. The van der Waals surface area contributed by atoms with E-state index in [9.17, 15) is 4.79 Å². The summed E-state index contributed by atoms with van der Waals surface area (Å²) >= 11 is 0. The zero-order valence-electron chi connectivity index (χ0n) is 14.9. The topological polar surface area (TPSA) is 84.1 Å². The number of rotatable bonds is 5. The molecular formula is C19H17N5O3. The molecule has 3 heterocycles. The summed E-state index contributed by atoms with van der Waals surface area (Å²) in [5.41, 5.74) is 1.71. The van der Waals surface area contributed by atoms with Crippen molar-refractivity contribution in [2.24, 2.45) is 7.05 Å². The maximum Gasteiger partial charge on any atom is 0.213 e. The zero-order valence-corrected chi connectivity index (χ0v) is 14.9. The number of benzene rings is 1. The van der Waals surface area contributed by atoms with Gasteiger partial charge in [0, 0.05) is 30.8 Å². The van der Waals surface area contributed by atoms with Crippen molar-refractivity contribution in [3.8, 4) is 17.3 Å². The quantitative estimate of drug-likeness (QED) is 0.540. The van der Waals surface area contributed by atoms with Gasteiger partial charge in [-0.05, 0) is 24.3 Å². The van der Waals surface area contributed by atoms with Crippen LogP contribution in [-0.4, -0.2) is 31.7 Å². The van der Waals surface area contributed by atoms with E-state index in [-0.39, 0.29) is 12.0 Å². The summed E-state index contributed by atoms with van der Waals surface area (Å²) in [6.45, 7) is 0.0645. The lowest BCUT2D eigenvalue weighted by Crippen LogP contribution is -2.17. The van der Waals surface area contributed by atoms with Crippen molar-refractivity contribution in [1.82, 2.24) is 24.5 Å². The number of hydrogen-bond acceptors (Lipinski definition) is 6. The Hall–Kier alpha value is -3.68. The van der Waals surface area contributed by atoms with E-state index in [2.05, 4.69) is 15.2 Å². The van der Waals surface area contributed by atoms with Gasteiger partial charge in [0.1, 0.15) is 23.7 Å². The second kappa shape index (κ2) is 6.91. The third-order valence-corrected chi connectivity index (χ3v) is 4.06. The van der Waals surface area contributed by atoms with Crippen molar-refractivity contribution in [2.75, 3.05) is 7.11 Å². The average molecular weight is 363 g/mol. The summed E-state index contributed by atoms with van der Waals surface area (Å²) in [5, 5.41) is 9.38. The number of fused-ring (bicyclic) bond motifs is 1. The Bertz CT molecular complexity index is 1170. The number of aryl methyl sites for hydroxylation is 1. The highest BCUT2D eigenvalue weighted by molar-refractivity contribution is 5.80. The molecule has 4 rings (SSSR count). The van der Waals surface area contributed by atoms with E-state index in [4.69, 9.17) is 9.47 Å². The molecule has 0 spiro atoms. The van der Waals surface area contributed by atoms with Crippen molar-refractivity contribution in [1.29, 1.82) is 0 Å². The fourth-order valence-corrected chi connectivity index (χ4v) is 2.66. The van der Waals surface area contributed by atoms with E-state index in [1.807, 2.05) is 31.4 Å². The van der Waals surface area contributed by atoms with Crippen molar-refractivity contribution >= 4 is 10.9 Å². The van der Waals surface area contributed by atoms with Crippen LogP contribution in [0.25, 0.3) is 16.6 Å². The minimum Gasteiger partial charge on any atom is -0.487 e. The van der Waals surface area contributed by atoms with Crippen LogP contribution < -0.4 is 14.9 Å². The Morgan fingerprint density at radius 1 is 1.15 bits per heavy atom. The van der Waals surface area contributed by atoms with Gasteiger partial charge in [0.05, 0.1) is 25.0 Å². The molecule has 3 aromatic heterocycles. The number of aromatic nitrogens is 5. The molecule has 0 atom stereocenters. The maximum atomic E-state index is 12.1. The minimum absolute atomic E-state index is 0.0645. The predicted molar refractivity (Wildman–Crippen MR) is 99.2 cm³/mol. The van der Waals surface area contributed by atoms with Gasteiger partial charge in [-0.2, -0.15) is 10.2 Å². The van der Waals surface area contributed by atoms with E-state index in [1.54, 1.807) is 41.0 Å². The number of hydrogen-bond donors (Lipinski definition) is 0. The molecule has 0 N–H and O–H groups in total. The van der Waals surface area contributed by atoms with Gasteiger partial charge in [-0.25, -0.2) is 9.67 Å². The molecule has 1 aromatic carbocycles. The molecular weight excluding hydrogens is 346 g/mol. The van der Waals surface area contributed by atoms with Crippen molar-refractivity contribution < 1.29 is 9.47 Å². The predicted octanol–water partition coefficient (Wildman–Crippen LogP) is 2.10. The number of nitrogens with zero attached hydrogens (tertiary/aromatic N) is 5. The maximum absolute atomic E-state index is 12.1. The van der Waals surface area contributed by atoms with E-state index in [0.717, 1.165) is 16.6 Å². The molecule has 0 radical (unpaired) electrons. The highest BCUT2D eigenvalue weighted by Crippen LogP contribution is 2.22. The lowest BCUT2D eigenvalue weighted by atomic mass is 10.2.